The fraction of sp³-hybridized carbons (Fsp3) is 0.333. The van der Waals surface area contributed by atoms with Gasteiger partial charge in [0.25, 0.3) is 0 Å². The molecule has 2 N–H and O–H groups in total. The monoisotopic (exact) mass is 868 g/mol. The molecule has 6 aromatic rings. The number of carbonyl (C=O) groups is 2. The molecule has 0 unspecified atom stereocenters. The Morgan fingerprint density at radius 1 is 0.627 bits per heavy atom. The number of carbonyl (C=O) groups excluding carboxylic acids is 2. The molecule has 2 aromatic carbocycles. The van der Waals surface area contributed by atoms with Gasteiger partial charge in [0.05, 0.1) is 37.5 Å². The summed E-state index contributed by atoms with van der Waals surface area (Å²) in [5.41, 5.74) is 7.65. The molecule has 13 nitrogen and oxygen atoms in total. The molecule has 0 radical (unpaired) electrons. The molecular weight excluding hydrogens is 828 g/mol. The standard InChI is InChI=1S/C42H42Cl2N10O3S2/c1-21-23(3)58-41-35(21)37(27-7-11-29(43)12-8-27)47-31(39-51-49-25(5)53(39)41)19-33(55)45-15-17-57-18-16-46-34(56)20-32-40-52-50-26(6)54(40)42-36(22(2)24(4)59-42)38(48-32)28-9-13-30(44)14-10-28/h7-14,31-32H,15-20H2,1-6H3,(H,45,55)(H,46,56)/t31-,32+. The van der Waals surface area contributed by atoms with Crippen LogP contribution in [0.2, 0.25) is 10.0 Å². The van der Waals surface area contributed by atoms with E-state index in [1.807, 2.05) is 71.5 Å². The summed E-state index contributed by atoms with van der Waals surface area (Å²) < 4.78 is 9.85. The number of nitrogens with one attached hydrogen (secondary N) is 2. The molecule has 4 aromatic heterocycles. The van der Waals surface area contributed by atoms with Crippen LogP contribution in [-0.2, 0) is 14.3 Å². The van der Waals surface area contributed by atoms with Crippen molar-refractivity contribution in [2.24, 2.45) is 9.98 Å². The molecule has 6 heterocycles. The van der Waals surface area contributed by atoms with Gasteiger partial charge in [0.2, 0.25) is 11.8 Å². The first kappa shape index (κ1) is 40.7. The number of fused-ring (bicyclic) bond motifs is 6. The lowest BCUT2D eigenvalue weighted by atomic mass is 9.99. The molecule has 2 atom stereocenters. The number of benzene rings is 2. The van der Waals surface area contributed by atoms with E-state index in [-0.39, 0.29) is 51.0 Å². The predicted octanol–water partition coefficient (Wildman–Crippen LogP) is 7.64. The Hall–Kier alpha value is -5.06. The maximum absolute atomic E-state index is 13.4. The van der Waals surface area contributed by atoms with Crippen LogP contribution in [0.1, 0.15) is 91.4 Å². The van der Waals surface area contributed by atoms with E-state index >= 15 is 0 Å². The smallest absolute Gasteiger partial charge is 0.222 e. The summed E-state index contributed by atoms with van der Waals surface area (Å²) in [6.45, 7) is 13.3. The van der Waals surface area contributed by atoms with Crippen molar-refractivity contribution in [3.8, 4) is 10.0 Å². The van der Waals surface area contributed by atoms with Crippen molar-refractivity contribution in [2.75, 3.05) is 26.3 Å². The zero-order valence-corrected chi connectivity index (χ0v) is 36.5. The van der Waals surface area contributed by atoms with E-state index in [1.54, 1.807) is 22.7 Å². The number of thiophene rings is 2. The molecule has 8 rings (SSSR count). The predicted molar refractivity (Wildman–Crippen MR) is 233 cm³/mol. The van der Waals surface area contributed by atoms with Crippen LogP contribution in [0.25, 0.3) is 10.0 Å². The molecule has 0 spiro atoms. The number of aromatic nitrogens is 6. The maximum Gasteiger partial charge on any atom is 0.222 e. The van der Waals surface area contributed by atoms with Gasteiger partial charge in [-0.1, -0.05) is 47.5 Å². The second-order valence-corrected chi connectivity index (χ2v) is 17.8. The van der Waals surface area contributed by atoms with Crippen molar-refractivity contribution >= 4 is 69.1 Å². The zero-order chi connectivity index (χ0) is 41.5. The van der Waals surface area contributed by atoms with Crippen LogP contribution in [0.3, 0.4) is 0 Å². The third kappa shape index (κ3) is 8.01. The van der Waals surface area contributed by atoms with E-state index in [2.05, 4.69) is 58.7 Å². The topological polar surface area (TPSA) is 154 Å². The second-order valence-electron chi connectivity index (χ2n) is 14.5. The first-order valence-electron chi connectivity index (χ1n) is 19.2. The number of hydrogen-bond donors (Lipinski definition) is 2. The van der Waals surface area contributed by atoms with Crippen molar-refractivity contribution < 1.29 is 14.3 Å². The van der Waals surface area contributed by atoms with Crippen LogP contribution in [0.5, 0.6) is 0 Å². The minimum absolute atomic E-state index is 0.0710. The molecule has 59 heavy (non-hydrogen) atoms. The van der Waals surface area contributed by atoms with Gasteiger partial charge in [-0.25, -0.2) is 0 Å². The fourth-order valence-electron chi connectivity index (χ4n) is 7.39. The summed E-state index contributed by atoms with van der Waals surface area (Å²) in [7, 11) is 0. The highest BCUT2D eigenvalue weighted by Gasteiger charge is 2.34. The minimum atomic E-state index is -0.574. The van der Waals surface area contributed by atoms with Gasteiger partial charge in [0.1, 0.15) is 33.7 Å². The van der Waals surface area contributed by atoms with Crippen molar-refractivity contribution in [1.29, 1.82) is 0 Å². The maximum atomic E-state index is 13.4. The van der Waals surface area contributed by atoms with Crippen LogP contribution in [0.4, 0.5) is 0 Å². The lowest BCUT2D eigenvalue weighted by Crippen LogP contribution is -2.31. The third-order valence-electron chi connectivity index (χ3n) is 10.6. The summed E-state index contributed by atoms with van der Waals surface area (Å²) in [4.78, 5) is 39.4. The average molecular weight is 870 g/mol. The number of ether oxygens (including phenoxy) is 1. The highest BCUT2D eigenvalue weighted by molar-refractivity contribution is 7.15. The van der Waals surface area contributed by atoms with E-state index in [1.165, 1.54) is 9.75 Å². The van der Waals surface area contributed by atoms with Gasteiger partial charge in [-0.15, -0.1) is 43.1 Å². The molecule has 0 saturated heterocycles. The minimum Gasteiger partial charge on any atom is -0.378 e. The molecule has 0 bridgehead atoms. The summed E-state index contributed by atoms with van der Waals surface area (Å²) in [6.07, 6.45) is 0.142. The molecule has 304 valence electrons. The van der Waals surface area contributed by atoms with Gasteiger partial charge in [-0.2, -0.15) is 0 Å². The number of amides is 2. The normalized spacial score (nSPS) is 15.6. The number of nitrogens with zero attached hydrogens (tertiary/aromatic N) is 8. The van der Waals surface area contributed by atoms with Crippen LogP contribution >= 0.6 is 45.9 Å². The number of aryl methyl sites for hydroxylation is 4. The lowest BCUT2D eigenvalue weighted by Gasteiger charge is -2.14. The quantitative estimate of drug-likeness (QED) is 0.120. The number of rotatable bonds is 12. The van der Waals surface area contributed by atoms with E-state index in [0.717, 1.165) is 66.5 Å². The van der Waals surface area contributed by atoms with E-state index in [9.17, 15) is 9.59 Å². The van der Waals surface area contributed by atoms with Gasteiger partial charge >= 0.3 is 0 Å². The van der Waals surface area contributed by atoms with E-state index in [4.69, 9.17) is 37.9 Å². The SMILES string of the molecule is Cc1sc2c(c1C)C(c1ccc(Cl)cc1)=N[C@@H](CC(=O)NCCOCCNC(=O)C[C@H]1N=C(c3ccc(Cl)cc3)c3c(sc(C)c3C)-n3c(C)nnc31)c1nnc(C)n1-2. The van der Waals surface area contributed by atoms with Crippen LogP contribution < -0.4 is 10.6 Å². The first-order chi connectivity index (χ1) is 28.4. The Bertz CT molecular complexity index is 2460. The van der Waals surface area contributed by atoms with Gasteiger partial charge in [-0.05, 0) is 76.9 Å². The van der Waals surface area contributed by atoms with Crippen LogP contribution in [-0.4, -0.2) is 79.1 Å². The Labute approximate surface area is 359 Å². The zero-order valence-electron chi connectivity index (χ0n) is 33.4. The Kier molecular flexibility index (Phi) is 11.7. The van der Waals surface area contributed by atoms with Gasteiger partial charge < -0.3 is 15.4 Å². The second kappa shape index (κ2) is 16.9. The average Bonchev–Trinajstić information content (AvgIpc) is 3.90. The van der Waals surface area contributed by atoms with Crippen molar-refractivity contribution in [2.45, 2.75) is 66.5 Å². The molecule has 0 aliphatic carbocycles. The molecule has 2 aliphatic rings. The molecule has 2 amide bonds. The van der Waals surface area contributed by atoms with Gasteiger partial charge in [-0.3, -0.25) is 28.7 Å². The number of hydrogen-bond acceptors (Lipinski definition) is 11. The lowest BCUT2D eigenvalue weighted by molar-refractivity contribution is -0.122. The molecule has 2 aliphatic heterocycles. The van der Waals surface area contributed by atoms with Crippen LogP contribution in [0.15, 0.2) is 58.5 Å². The van der Waals surface area contributed by atoms with Gasteiger partial charge in [0.15, 0.2) is 11.6 Å². The number of halogens is 2. The Morgan fingerprint density at radius 2 is 1.02 bits per heavy atom. The van der Waals surface area contributed by atoms with Crippen molar-refractivity contribution in [1.82, 2.24) is 40.2 Å². The molecule has 0 fully saturated rings. The van der Waals surface area contributed by atoms with E-state index in [0.29, 0.717) is 21.7 Å². The fourth-order valence-corrected chi connectivity index (χ4v) is 10.1. The number of aliphatic imine (C=N–C) groups is 2. The Morgan fingerprint density at radius 3 is 1.41 bits per heavy atom. The molecule has 0 saturated carbocycles. The van der Waals surface area contributed by atoms with Crippen LogP contribution in [0, 0.1) is 41.5 Å². The Balaban J connectivity index is 0.877. The van der Waals surface area contributed by atoms with Crippen molar-refractivity contribution in [3.05, 3.63) is 125 Å². The van der Waals surface area contributed by atoms with E-state index < -0.39 is 12.1 Å². The largest absolute Gasteiger partial charge is 0.378 e. The molecule has 17 heteroatoms. The summed E-state index contributed by atoms with van der Waals surface area (Å²) >= 11 is 15.8. The summed E-state index contributed by atoms with van der Waals surface area (Å²) in [6, 6.07) is 14.0. The third-order valence-corrected chi connectivity index (χ3v) is 13.5. The van der Waals surface area contributed by atoms with Gasteiger partial charge in [0, 0.05) is 55.1 Å². The summed E-state index contributed by atoms with van der Waals surface area (Å²) in [5, 5.41) is 26.9. The van der Waals surface area contributed by atoms with Crippen molar-refractivity contribution in [3.63, 3.8) is 0 Å². The highest BCUT2D eigenvalue weighted by Crippen LogP contribution is 2.41. The first-order valence-corrected chi connectivity index (χ1v) is 21.6. The highest BCUT2D eigenvalue weighted by atomic mass is 35.5. The summed E-state index contributed by atoms with van der Waals surface area (Å²) in [5.74, 6) is 2.30. The molecular formula is C42H42Cl2N10O3S2.